The highest BCUT2D eigenvalue weighted by Gasteiger charge is 2.40. The van der Waals surface area contributed by atoms with E-state index in [0.29, 0.717) is 10.3 Å². The molecule has 0 aliphatic heterocycles. The van der Waals surface area contributed by atoms with Crippen LogP contribution in [0, 0.1) is 0 Å². The van der Waals surface area contributed by atoms with Gasteiger partial charge in [-0.15, -0.1) is 0 Å². The molecule has 0 bridgehead atoms. The van der Waals surface area contributed by atoms with E-state index in [-0.39, 0.29) is 7.92 Å². The Balaban J connectivity index is 3.23. The highest BCUT2D eigenvalue weighted by Crippen LogP contribution is 2.61. The van der Waals surface area contributed by atoms with E-state index in [1.807, 2.05) is 0 Å². The van der Waals surface area contributed by atoms with Crippen LogP contribution in [-0.2, 0) is 0 Å². The van der Waals surface area contributed by atoms with Gasteiger partial charge in [0.05, 0.1) is 0 Å². The summed E-state index contributed by atoms with van der Waals surface area (Å²) in [6.45, 7) is 14.4. The van der Waals surface area contributed by atoms with Crippen LogP contribution in [-0.4, -0.2) is 10.3 Å². The molecule has 0 unspecified atom stereocenters. The summed E-state index contributed by atoms with van der Waals surface area (Å²) in [5, 5.41) is 3.08. The second-order valence-electron chi connectivity index (χ2n) is 6.94. The molecule has 0 fully saturated rings. The van der Waals surface area contributed by atoms with E-state index in [9.17, 15) is 0 Å². The summed E-state index contributed by atoms with van der Waals surface area (Å²) in [5.74, 6) is 0. The highest BCUT2D eigenvalue weighted by molar-refractivity contribution is 7.68. The van der Waals surface area contributed by atoms with Crippen molar-refractivity contribution in [2.75, 3.05) is 0 Å². The van der Waals surface area contributed by atoms with Gasteiger partial charge < -0.3 is 0 Å². The van der Waals surface area contributed by atoms with Gasteiger partial charge in [-0.2, -0.15) is 0 Å². The Hall–Kier alpha value is -0.0600. The molecule has 0 saturated carbocycles. The van der Waals surface area contributed by atoms with Crippen molar-refractivity contribution in [3.05, 3.63) is 29.3 Å². The topological polar surface area (TPSA) is 0 Å². The zero-order valence-corrected chi connectivity index (χ0v) is 15.6. The predicted molar refractivity (Wildman–Crippen MR) is 96.0 cm³/mol. The zero-order valence-electron chi connectivity index (χ0n) is 14.0. The van der Waals surface area contributed by atoms with Gasteiger partial charge >= 0.3 is 0 Å². The summed E-state index contributed by atoms with van der Waals surface area (Å²) in [6.07, 6.45) is 5.08. The largest absolute Gasteiger partial charge is 0.0843 e. The Morgan fingerprint density at radius 2 is 1.25 bits per heavy atom. The van der Waals surface area contributed by atoms with Crippen LogP contribution in [0.4, 0.5) is 0 Å². The molecule has 0 amide bonds. The van der Waals surface area contributed by atoms with Crippen molar-refractivity contribution < 1.29 is 0 Å². The van der Waals surface area contributed by atoms with Gasteiger partial charge in [0.15, 0.2) is 0 Å². The van der Waals surface area contributed by atoms with Crippen LogP contribution in [0.25, 0.3) is 0 Å². The van der Waals surface area contributed by atoms with Gasteiger partial charge in [-0.3, -0.25) is 0 Å². The number of benzene rings is 1. The third kappa shape index (κ3) is 4.47. The third-order valence-electron chi connectivity index (χ3n) is 4.02. The van der Waals surface area contributed by atoms with E-state index in [4.69, 9.17) is 11.6 Å². The number of halogens is 1. The minimum absolute atomic E-state index is 0.225. The first-order valence-electron chi connectivity index (χ1n) is 7.80. The average Bonchev–Trinajstić information content (AvgIpc) is 2.31. The fraction of sp³-hybridized carbons (Fsp3) is 0.667. The maximum Gasteiger partial charge on any atom is 0.0406 e. The minimum Gasteiger partial charge on any atom is -0.0843 e. The van der Waals surface area contributed by atoms with Crippen LogP contribution in [0.15, 0.2) is 24.3 Å². The fourth-order valence-corrected chi connectivity index (χ4v) is 8.06. The summed E-state index contributed by atoms with van der Waals surface area (Å²) in [4.78, 5) is 0. The lowest BCUT2D eigenvalue weighted by Crippen LogP contribution is -2.35. The van der Waals surface area contributed by atoms with Gasteiger partial charge in [-0.25, -0.2) is 0 Å². The average molecular weight is 313 g/mol. The molecule has 20 heavy (non-hydrogen) atoms. The molecule has 0 aromatic heterocycles. The van der Waals surface area contributed by atoms with Crippen molar-refractivity contribution in [1.29, 1.82) is 0 Å². The molecule has 0 aliphatic carbocycles. The Morgan fingerprint density at radius 3 is 1.60 bits per heavy atom. The van der Waals surface area contributed by atoms with Crippen LogP contribution in [0.5, 0.6) is 0 Å². The molecule has 1 aromatic rings. The molecule has 1 aromatic carbocycles. The van der Waals surface area contributed by atoms with Crippen LogP contribution in [0.2, 0.25) is 5.02 Å². The third-order valence-corrected chi connectivity index (χ3v) is 7.95. The van der Waals surface area contributed by atoms with E-state index < -0.39 is 0 Å². The Kier molecular flexibility index (Phi) is 6.55. The van der Waals surface area contributed by atoms with E-state index >= 15 is 0 Å². The zero-order chi connectivity index (χ0) is 15.4. The molecule has 1 rings (SSSR count). The van der Waals surface area contributed by atoms with E-state index in [0.717, 1.165) is 5.02 Å². The van der Waals surface area contributed by atoms with Crippen LogP contribution >= 0.6 is 19.5 Å². The second-order valence-corrected chi connectivity index (χ2v) is 11.0. The van der Waals surface area contributed by atoms with Gasteiger partial charge in [0, 0.05) is 5.02 Å². The van der Waals surface area contributed by atoms with Crippen molar-refractivity contribution in [1.82, 2.24) is 0 Å². The molecular weight excluding hydrogens is 283 g/mol. The lowest BCUT2D eigenvalue weighted by Gasteiger charge is -2.46. The van der Waals surface area contributed by atoms with Crippen molar-refractivity contribution in [3.63, 3.8) is 0 Å². The molecule has 0 radical (unpaired) electrons. The molecule has 0 atom stereocenters. The summed E-state index contributed by atoms with van der Waals surface area (Å²) in [5.41, 5.74) is 0. The smallest absolute Gasteiger partial charge is 0.0406 e. The summed E-state index contributed by atoms with van der Waals surface area (Å²) < 4.78 is 0. The van der Waals surface area contributed by atoms with Crippen LogP contribution in [0.3, 0.4) is 0 Å². The molecular formula is C18H30ClP. The Morgan fingerprint density at radius 1 is 0.850 bits per heavy atom. The fourth-order valence-electron chi connectivity index (χ4n) is 3.56. The van der Waals surface area contributed by atoms with Crippen LogP contribution in [0.1, 0.15) is 67.2 Å². The van der Waals surface area contributed by atoms with E-state index in [1.165, 1.54) is 31.0 Å². The summed E-state index contributed by atoms with van der Waals surface area (Å²) >= 11 is 6.07. The summed E-state index contributed by atoms with van der Waals surface area (Å²) in [7, 11) is -0.225. The normalized spacial score (nSPS) is 13.0. The lowest BCUT2D eigenvalue weighted by atomic mass is 10.1. The molecule has 0 saturated heterocycles. The minimum atomic E-state index is -0.225. The Labute approximate surface area is 132 Å². The second kappa shape index (κ2) is 7.28. The van der Waals surface area contributed by atoms with Crippen molar-refractivity contribution in [2.45, 2.75) is 77.5 Å². The highest BCUT2D eigenvalue weighted by atomic mass is 35.5. The van der Waals surface area contributed by atoms with Crippen molar-refractivity contribution in [2.24, 2.45) is 0 Å². The quantitative estimate of drug-likeness (QED) is 0.497. The first kappa shape index (κ1) is 18.0. The predicted octanol–water partition coefficient (Wildman–Crippen LogP) is 6.60. The van der Waals surface area contributed by atoms with Crippen molar-refractivity contribution >= 4 is 24.8 Å². The monoisotopic (exact) mass is 312 g/mol. The molecule has 0 nitrogen and oxygen atoms in total. The number of rotatable bonds is 7. The SMILES string of the molecule is CCCC(C)(C)P(c1ccc(Cl)cc1)C(C)(C)CCC. The van der Waals surface area contributed by atoms with Gasteiger partial charge in [-0.05, 0) is 40.6 Å². The summed E-state index contributed by atoms with van der Waals surface area (Å²) in [6, 6.07) is 8.61. The van der Waals surface area contributed by atoms with Crippen LogP contribution < -0.4 is 5.30 Å². The molecule has 2 heteroatoms. The first-order chi connectivity index (χ1) is 9.24. The molecule has 0 N–H and O–H groups in total. The van der Waals surface area contributed by atoms with Crippen molar-refractivity contribution in [3.8, 4) is 0 Å². The van der Waals surface area contributed by atoms with E-state index in [1.54, 1.807) is 0 Å². The molecule has 0 spiro atoms. The Bertz CT molecular complexity index is 388. The van der Waals surface area contributed by atoms with Gasteiger partial charge in [0.25, 0.3) is 0 Å². The number of hydrogen-bond acceptors (Lipinski definition) is 0. The van der Waals surface area contributed by atoms with E-state index in [2.05, 4.69) is 65.8 Å². The molecule has 114 valence electrons. The van der Waals surface area contributed by atoms with Gasteiger partial charge in [0.1, 0.15) is 0 Å². The number of hydrogen-bond donors (Lipinski definition) is 0. The maximum atomic E-state index is 6.07. The first-order valence-corrected chi connectivity index (χ1v) is 9.52. The molecule has 0 heterocycles. The molecule has 0 aliphatic rings. The maximum absolute atomic E-state index is 6.07. The lowest BCUT2D eigenvalue weighted by molar-refractivity contribution is 0.563. The van der Waals surface area contributed by atoms with Gasteiger partial charge in [0.2, 0.25) is 0 Å². The standard InChI is InChI=1S/C18H30ClP/c1-7-13-17(3,4)20(18(5,6)14-8-2)16-11-9-15(19)10-12-16/h9-12H,7-8,13-14H2,1-6H3. The van der Waals surface area contributed by atoms with Gasteiger partial charge in [-0.1, -0.05) is 86.0 Å².